The molecule has 0 spiro atoms. The molecule has 0 radical (unpaired) electrons. The number of para-hydroxylation sites is 1. The summed E-state index contributed by atoms with van der Waals surface area (Å²) in [6, 6.07) is 23.9. The molecule has 0 aliphatic rings. The summed E-state index contributed by atoms with van der Waals surface area (Å²) in [7, 11) is 0. The number of imidazole rings is 1. The quantitative estimate of drug-likeness (QED) is 0.334. The fourth-order valence-corrected chi connectivity index (χ4v) is 4.19. The van der Waals surface area contributed by atoms with Gasteiger partial charge < -0.3 is 8.97 Å². The van der Waals surface area contributed by atoms with E-state index in [9.17, 15) is 0 Å². The molecule has 30 heavy (non-hydrogen) atoms. The first-order valence-electron chi connectivity index (χ1n) is 10.5. The topological polar surface area (TPSA) is 22.2 Å². The minimum atomic E-state index is 0.818. The number of pyridine rings is 1. The average Bonchev–Trinajstić information content (AvgIpc) is 3.31. The highest BCUT2D eigenvalue weighted by atomic mass is 15.1. The zero-order valence-electron chi connectivity index (χ0n) is 17.5. The van der Waals surface area contributed by atoms with Crippen molar-refractivity contribution in [2.75, 3.05) is 0 Å². The lowest BCUT2D eigenvalue weighted by Crippen LogP contribution is -2.02. The van der Waals surface area contributed by atoms with E-state index < -0.39 is 0 Å². The first kappa shape index (κ1) is 18.4. The number of hydrogen-bond donors (Lipinski definition) is 0. The van der Waals surface area contributed by atoms with Crippen LogP contribution in [0.3, 0.4) is 0 Å². The molecule has 5 aromatic rings. The van der Waals surface area contributed by atoms with E-state index in [1.807, 2.05) is 6.08 Å². The predicted octanol–water partition coefficient (Wildman–Crippen LogP) is 6.52. The number of aromatic nitrogens is 3. The van der Waals surface area contributed by atoms with Crippen molar-refractivity contribution in [3.05, 3.63) is 102 Å². The molecule has 148 valence electrons. The summed E-state index contributed by atoms with van der Waals surface area (Å²) in [4.78, 5) is 5.01. The lowest BCUT2D eigenvalue weighted by Gasteiger charge is -2.11. The molecule has 5 rings (SSSR count). The third-order valence-electron chi connectivity index (χ3n) is 5.95. The number of nitrogens with zero attached hydrogens (tertiary/aromatic N) is 3. The summed E-state index contributed by atoms with van der Waals surface area (Å²) in [5.41, 5.74) is 9.24. The molecule has 0 unspecified atom stereocenters. The molecule has 0 bridgehead atoms. The van der Waals surface area contributed by atoms with Crippen LogP contribution in [-0.4, -0.2) is 14.0 Å². The highest BCUT2D eigenvalue weighted by Crippen LogP contribution is 2.31. The van der Waals surface area contributed by atoms with E-state index in [1.54, 1.807) is 0 Å². The molecule has 0 aliphatic carbocycles. The number of aryl methyl sites for hydroxylation is 2. The van der Waals surface area contributed by atoms with Gasteiger partial charge in [-0.3, -0.25) is 0 Å². The van der Waals surface area contributed by atoms with Crippen LogP contribution in [0.25, 0.3) is 34.0 Å². The number of rotatable bonds is 5. The molecular formula is C27H25N3. The van der Waals surface area contributed by atoms with E-state index in [2.05, 4.69) is 102 Å². The van der Waals surface area contributed by atoms with Gasteiger partial charge in [0.05, 0.1) is 5.69 Å². The summed E-state index contributed by atoms with van der Waals surface area (Å²) in [6.45, 7) is 9.03. The highest BCUT2D eigenvalue weighted by molar-refractivity contribution is 5.87. The minimum absolute atomic E-state index is 0.818. The van der Waals surface area contributed by atoms with Gasteiger partial charge in [0.2, 0.25) is 0 Å². The zero-order valence-corrected chi connectivity index (χ0v) is 17.5. The normalized spacial score (nSPS) is 11.4. The van der Waals surface area contributed by atoms with E-state index in [4.69, 9.17) is 4.98 Å². The van der Waals surface area contributed by atoms with Gasteiger partial charge in [0, 0.05) is 29.3 Å². The van der Waals surface area contributed by atoms with Gasteiger partial charge in [0.25, 0.3) is 0 Å². The van der Waals surface area contributed by atoms with Crippen molar-refractivity contribution in [1.29, 1.82) is 0 Å². The van der Waals surface area contributed by atoms with E-state index in [1.165, 1.54) is 22.0 Å². The molecule has 0 atom stereocenters. The fourth-order valence-electron chi connectivity index (χ4n) is 4.19. The van der Waals surface area contributed by atoms with Crippen LogP contribution in [0.1, 0.15) is 29.3 Å². The Kier molecular flexibility index (Phi) is 4.51. The Hall–Kier alpha value is -3.59. The maximum Gasteiger partial charge on any atom is 0.138 e. The SMILES string of the molecule is C=Cc1ccn2c(C)c(-c3cc4ccccc4n3Cc3ccc(CC)cc3)nc2c1. The number of fused-ring (bicyclic) bond motifs is 2. The second-order valence-corrected chi connectivity index (χ2v) is 7.78. The van der Waals surface area contributed by atoms with Crippen LogP contribution in [0.15, 0.2) is 79.5 Å². The third-order valence-corrected chi connectivity index (χ3v) is 5.95. The van der Waals surface area contributed by atoms with Gasteiger partial charge in [-0.1, -0.05) is 62.0 Å². The van der Waals surface area contributed by atoms with E-state index in [0.29, 0.717) is 0 Å². The summed E-state index contributed by atoms with van der Waals surface area (Å²) in [6.07, 6.45) is 5.00. The first-order chi connectivity index (χ1) is 14.7. The molecular weight excluding hydrogens is 366 g/mol. The lowest BCUT2D eigenvalue weighted by atomic mass is 10.1. The first-order valence-corrected chi connectivity index (χ1v) is 10.5. The average molecular weight is 392 g/mol. The van der Waals surface area contributed by atoms with Crippen LogP contribution in [-0.2, 0) is 13.0 Å². The van der Waals surface area contributed by atoms with Crippen LogP contribution in [0.2, 0.25) is 0 Å². The molecule has 0 fully saturated rings. The summed E-state index contributed by atoms with van der Waals surface area (Å²) in [5, 5.41) is 1.24. The van der Waals surface area contributed by atoms with E-state index in [0.717, 1.165) is 41.3 Å². The second-order valence-electron chi connectivity index (χ2n) is 7.78. The van der Waals surface area contributed by atoms with Crippen LogP contribution in [0.4, 0.5) is 0 Å². The van der Waals surface area contributed by atoms with Crippen LogP contribution in [0, 0.1) is 6.92 Å². The van der Waals surface area contributed by atoms with Crippen molar-refractivity contribution in [1.82, 2.24) is 14.0 Å². The number of benzene rings is 2. The predicted molar refractivity (Wildman–Crippen MR) is 126 cm³/mol. The second kappa shape index (κ2) is 7.34. The Morgan fingerprint density at radius 3 is 2.50 bits per heavy atom. The molecule has 3 heteroatoms. The van der Waals surface area contributed by atoms with Gasteiger partial charge in [-0.25, -0.2) is 4.98 Å². The molecule has 3 aromatic heterocycles. The molecule has 2 aromatic carbocycles. The molecule has 0 saturated heterocycles. The maximum atomic E-state index is 5.01. The van der Waals surface area contributed by atoms with Gasteiger partial charge in [-0.15, -0.1) is 0 Å². The molecule has 0 N–H and O–H groups in total. The summed E-state index contributed by atoms with van der Waals surface area (Å²) in [5.74, 6) is 0. The molecule has 0 aliphatic heterocycles. The highest BCUT2D eigenvalue weighted by Gasteiger charge is 2.17. The summed E-state index contributed by atoms with van der Waals surface area (Å²) >= 11 is 0. The van der Waals surface area contributed by atoms with Crippen molar-refractivity contribution in [3.63, 3.8) is 0 Å². The van der Waals surface area contributed by atoms with Crippen molar-refractivity contribution in [2.45, 2.75) is 26.8 Å². The monoisotopic (exact) mass is 391 g/mol. The number of hydrogen-bond acceptors (Lipinski definition) is 1. The van der Waals surface area contributed by atoms with Crippen molar-refractivity contribution in [2.24, 2.45) is 0 Å². The minimum Gasteiger partial charge on any atom is -0.335 e. The zero-order chi connectivity index (χ0) is 20.7. The Morgan fingerprint density at radius 2 is 1.73 bits per heavy atom. The molecule has 3 nitrogen and oxygen atoms in total. The van der Waals surface area contributed by atoms with Crippen molar-refractivity contribution in [3.8, 4) is 11.4 Å². The van der Waals surface area contributed by atoms with Gasteiger partial charge in [0.1, 0.15) is 11.3 Å². The Morgan fingerprint density at radius 1 is 0.967 bits per heavy atom. The smallest absolute Gasteiger partial charge is 0.138 e. The van der Waals surface area contributed by atoms with Crippen molar-refractivity contribution < 1.29 is 0 Å². The van der Waals surface area contributed by atoms with Gasteiger partial charge in [0.15, 0.2) is 0 Å². The lowest BCUT2D eigenvalue weighted by molar-refractivity contribution is 0.840. The van der Waals surface area contributed by atoms with Gasteiger partial charge in [-0.2, -0.15) is 0 Å². The van der Waals surface area contributed by atoms with Gasteiger partial charge in [-0.05, 0) is 54.3 Å². The Bertz CT molecular complexity index is 1370. The van der Waals surface area contributed by atoms with Crippen LogP contribution >= 0.6 is 0 Å². The summed E-state index contributed by atoms with van der Waals surface area (Å²) < 4.78 is 4.54. The van der Waals surface area contributed by atoms with Crippen LogP contribution in [0.5, 0.6) is 0 Å². The maximum absolute atomic E-state index is 5.01. The molecule has 3 heterocycles. The molecule has 0 amide bonds. The van der Waals surface area contributed by atoms with E-state index >= 15 is 0 Å². The van der Waals surface area contributed by atoms with Gasteiger partial charge >= 0.3 is 0 Å². The largest absolute Gasteiger partial charge is 0.335 e. The third kappa shape index (κ3) is 3.03. The van der Waals surface area contributed by atoms with E-state index in [-0.39, 0.29) is 0 Å². The Balaban J connectivity index is 1.69. The standard InChI is InChI=1S/C27H25N3/c1-4-20-10-12-22(13-11-20)18-30-24-9-7-6-8-23(24)17-25(30)27-19(3)29-15-14-21(5-2)16-26(29)28-27/h5-17H,2,4,18H2,1,3H3. The molecule has 0 saturated carbocycles. The fraction of sp³-hybridized carbons (Fsp3) is 0.148. The van der Waals surface area contributed by atoms with Crippen molar-refractivity contribution >= 4 is 22.6 Å². The van der Waals surface area contributed by atoms with Crippen LogP contribution < -0.4 is 0 Å². The Labute approximate surface area is 176 Å².